The molecule has 2 amide bonds. The highest BCUT2D eigenvalue weighted by atomic mass is 32.2. The second kappa shape index (κ2) is 7.33. The van der Waals surface area contributed by atoms with Crippen LogP contribution in [0.3, 0.4) is 0 Å². The van der Waals surface area contributed by atoms with Gasteiger partial charge in [0.2, 0.25) is 11.8 Å². The quantitative estimate of drug-likeness (QED) is 0.867. The van der Waals surface area contributed by atoms with E-state index < -0.39 is 0 Å². The van der Waals surface area contributed by atoms with E-state index in [-0.39, 0.29) is 24.4 Å². The van der Waals surface area contributed by atoms with Crippen LogP contribution < -0.4 is 5.32 Å². The molecule has 1 aliphatic heterocycles. The molecule has 20 heavy (non-hydrogen) atoms. The van der Waals surface area contributed by atoms with Crippen molar-refractivity contribution in [2.75, 3.05) is 18.2 Å². The van der Waals surface area contributed by atoms with Crippen LogP contribution in [0.1, 0.15) is 18.9 Å². The lowest BCUT2D eigenvalue weighted by atomic mass is 10.1. The maximum Gasteiger partial charge on any atom is 0.239 e. The number of nitrogens with zero attached hydrogens (tertiary/aromatic N) is 1. The average molecular weight is 292 g/mol. The second-order valence-corrected chi connectivity index (χ2v) is 6.02. The first-order chi connectivity index (χ1) is 9.65. The number of rotatable bonds is 6. The van der Waals surface area contributed by atoms with Crippen LogP contribution in [0.15, 0.2) is 30.3 Å². The Morgan fingerprint density at radius 2 is 2.15 bits per heavy atom. The van der Waals surface area contributed by atoms with Gasteiger partial charge in [0.25, 0.3) is 0 Å². The van der Waals surface area contributed by atoms with Crippen molar-refractivity contribution in [2.24, 2.45) is 0 Å². The molecule has 0 aliphatic carbocycles. The number of carbonyl (C=O) groups excluding carboxylic acids is 2. The van der Waals surface area contributed by atoms with Gasteiger partial charge in [-0.15, -0.1) is 11.8 Å². The molecular formula is C15H20N2O2S. The Bertz CT molecular complexity index is 464. The van der Waals surface area contributed by atoms with Gasteiger partial charge in [0.05, 0.1) is 11.6 Å². The predicted molar refractivity (Wildman–Crippen MR) is 81.4 cm³/mol. The summed E-state index contributed by atoms with van der Waals surface area (Å²) in [6.07, 6.45) is 1.85. The van der Waals surface area contributed by atoms with Crippen LogP contribution in [0.4, 0.5) is 0 Å². The molecule has 4 nitrogen and oxygen atoms in total. The summed E-state index contributed by atoms with van der Waals surface area (Å²) >= 11 is 1.56. The first kappa shape index (κ1) is 14.9. The maximum absolute atomic E-state index is 11.9. The van der Waals surface area contributed by atoms with Gasteiger partial charge in [0.1, 0.15) is 6.54 Å². The minimum atomic E-state index is -0.0681. The second-order valence-electron chi connectivity index (χ2n) is 5.06. The Kier molecular flexibility index (Phi) is 5.47. The molecule has 0 aromatic heterocycles. The minimum Gasteiger partial charge on any atom is -0.352 e. The predicted octanol–water partition coefficient (Wildman–Crippen LogP) is 1.66. The fourth-order valence-electron chi connectivity index (χ4n) is 2.13. The van der Waals surface area contributed by atoms with E-state index in [0.29, 0.717) is 11.6 Å². The highest BCUT2D eigenvalue weighted by molar-refractivity contribution is 8.00. The first-order valence-corrected chi connectivity index (χ1v) is 7.99. The van der Waals surface area contributed by atoms with Crippen molar-refractivity contribution in [3.8, 4) is 0 Å². The molecule has 1 aliphatic rings. The highest BCUT2D eigenvalue weighted by Crippen LogP contribution is 2.14. The van der Waals surface area contributed by atoms with Crippen molar-refractivity contribution in [1.82, 2.24) is 10.2 Å². The Morgan fingerprint density at radius 1 is 1.40 bits per heavy atom. The van der Waals surface area contributed by atoms with Crippen LogP contribution >= 0.6 is 11.8 Å². The zero-order chi connectivity index (χ0) is 14.4. The molecule has 2 rings (SSSR count). The highest BCUT2D eigenvalue weighted by Gasteiger charge is 2.23. The van der Waals surface area contributed by atoms with Crippen LogP contribution in [-0.2, 0) is 16.0 Å². The number of thioether (sulfide) groups is 1. The molecule has 1 atom stereocenters. The molecule has 0 spiro atoms. The van der Waals surface area contributed by atoms with Gasteiger partial charge in [0, 0.05) is 6.04 Å². The number of nitrogens with one attached hydrogen (secondary N) is 1. The van der Waals surface area contributed by atoms with Gasteiger partial charge in [-0.1, -0.05) is 30.3 Å². The van der Waals surface area contributed by atoms with Crippen molar-refractivity contribution in [2.45, 2.75) is 25.8 Å². The average Bonchev–Trinajstić information content (AvgIpc) is 2.83. The molecule has 0 radical (unpaired) electrons. The van der Waals surface area contributed by atoms with Crippen LogP contribution in [0, 0.1) is 0 Å². The Hall–Kier alpha value is -1.49. The van der Waals surface area contributed by atoms with Gasteiger partial charge < -0.3 is 10.2 Å². The third-order valence-electron chi connectivity index (χ3n) is 3.28. The summed E-state index contributed by atoms with van der Waals surface area (Å²) in [5, 5.41) is 2.96. The summed E-state index contributed by atoms with van der Waals surface area (Å²) in [6.45, 7) is 2.18. The molecule has 108 valence electrons. The summed E-state index contributed by atoms with van der Waals surface area (Å²) in [5.41, 5.74) is 1.28. The van der Waals surface area contributed by atoms with Gasteiger partial charge in [-0.25, -0.2) is 0 Å². The first-order valence-electron chi connectivity index (χ1n) is 6.84. The van der Waals surface area contributed by atoms with Gasteiger partial charge >= 0.3 is 0 Å². The monoisotopic (exact) mass is 292 g/mol. The zero-order valence-corrected chi connectivity index (χ0v) is 12.5. The fraction of sp³-hybridized carbons (Fsp3) is 0.467. The molecule has 1 fully saturated rings. The molecule has 5 heteroatoms. The molecule has 0 saturated carbocycles. The Balaban J connectivity index is 1.69. The lowest BCUT2D eigenvalue weighted by Crippen LogP contribution is -2.41. The molecule has 1 saturated heterocycles. The van der Waals surface area contributed by atoms with E-state index in [1.807, 2.05) is 25.1 Å². The van der Waals surface area contributed by atoms with Crippen molar-refractivity contribution in [3.05, 3.63) is 35.9 Å². The molecule has 1 N–H and O–H groups in total. The third kappa shape index (κ3) is 4.56. The van der Waals surface area contributed by atoms with Crippen molar-refractivity contribution in [1.29, 1.82) is 0 Å². The summed E-state index contributed by atoms with van der Waals surface area (Å²) in [4.78, 5) is 24.9. The smallest absolute Gasteiger partial charge is 0.239 e. The number of hydrogen-bond donors (Lipinski definition) is 1. The Labute approximate surface area is 123 Å². The molecule has 0 bridgehead atoms. The lowest BCUT2D eigenvalue weighted by Gasteiger charge is -2.18. The van der Waals surface area contributed by atoms with E-state index in [0.717, 1.165) is 12.8 Å². The van der Waals surface area contributed by atoms with Crippen molar-refractivity contribution >= 4 is 23.6 Å². The van der Waals surface area contributed by atoms with Gasteiger partial charge in [-0.3, -0.25) is 9.59 Å². The number of aryl methyl sites for hydroxylation is 1. The minimum absolute atomic E-state index is 0.0575. The molecule has 1 aromatic carbocycles. The standard InChI is InChI=1S/C15H20N2O2S/c1-12(7-8-13-5-3-2-4-6-13)16-14(18)9-17-11-20-10-15(17)19/h2-6,12H,7-11H2,1H3,(H,16,18)/t12-/m1/s1. The molecular weight excluding hydrogens is 272 g/mol. The molecule has 1 aromatic rings. The van der Waals surface area contributed by atoms with Gasteiger partial charge in [-0.05, 0) is 25.3 Å². The van der Waals surface area contributed by atoms with Crippen LogP contribution in [-0.4, -0.2) is 40.9 Å². The number of benzene rings is 1. The summed E-state index contributed by atoms with van der Waals surface area (Å²) in [7, 11) is 0. The maximum atomic E-state index is 11.9. The topological polar surface area (TPSA) is 49.4 Å². The van der Waals surface area contributed by atoms with Gasteiger partial charge in [-0.2, -0.15) is 0 Å². The normalized spacial score (nSPS) is 16.2. The van der Waals surface area contributed by atoms with Crippen molar-refractivity contribution < 1.29 is 9.59 Å². The lowest BCUT2D eigenvalue weighted by molar-refractivity contribution is -0.132. The largest absolute Gasteiger partial charge is 0.352 e. The fourth-order valence-corrected chi connectivity index (χ4v) is 3.04. The number of carbonyl (C=O) groups is 2. The molecule has 1 heterocycles. The summed E-state index contributed by atoms with van der Waals surface area (Å²) in [5.74, 6) is 1.12. The SMILES string of the molecule is C[C@H](CCc1ccccc1)NC(=O)CN1CSCC1=O. The van der Waals surface area contributed by atoms with Gasteiger partial charge in [0.15, 0.2) is 0 Å². The third-order valence-corrected chi connectivity index (χ3v) is 4.22. The summed E-state index contributed by atoms with van der Waals surface area (Å²) in [6, 6.07) is 10.3. The van der Waals surface area contributed by atoms with Crippen LogP contribution in [0.5, 0.6) is 0 Å². The summed E-state index contributed by atoms with van der Waals surface area (Å²) < 4.78 is 0. The number of hydrogen-bond acceptors (Lipinski definition) is 3. The van der Waals surface area contributed by atoms with E-state index >= 15 is 0 Å². The van der Waals surface area contributed by atoms with E-state index in [9.17, 15) is 9.59 Å². The number of amides is 2. The van der Waals surface area contributed by atoms with E-state index in [2.05, 4.69) is 17.4 Å². The van der Waals surface area contributed by atoms with Crippen LogP contribution in [0.25, 0.3) is 0 Å². The van der Waals surface area contributed by atoms with Crippen molar-refractivity contribution in [3.63, 3.8) is 0 Å². The van der Waals surface area contributed by atoms with E-state index in [4.69, 9.17) is 0 Å². The van der Waals surface area contributed by atoms with E-state index in [1.165, 1.54) is 5.56 Å². The van der Waals surface area contributed by atoms with Crippen LogP contribution in [0.2, 0.25) is 0 Å². The van der Waals surface area contributed by atoms with E-state index in [1.54, 1.807) is 16.7 Å². The zero-order valence-electron chi connectivity index (χ0n) is 11.7. The Morgan fingerprint density at radius 3 is 2.80 bits per heavy atom. The molecule has 0 unspecified atom stereocenters.